The Morgan fingerprint density at radius 3 is 2.47 bits per heavy atom. The van der Waals surface area contributed by atoms with Crippen LogP contribution in [0.4, 0.5) is 5.69 Å². The number of rotatable bonds is 9. The lowest BCUT2D eigenvalue weighted by molar-refractivity contribution is 0.105. The van der Waals surface area contributed by atoms with Crippen molar-refractivity contribution in [1.82, 2.24) is 10.6 Å². The van der Waals surface area contributed by atoms with E-state index < -0.39 is 0 Å². The van der Waals surface area contributed by atoms with Crippen molar-refractivity contribution in [3.8, 4) is 0 Å². The third kappa shape index (κ3) is 7.79. The minimum absolute atomic E-state index is 0. The molecule has 170 valence electrons. The molecule has 0 atom stereocenters. The van der Waals surface area contributed by atoms with Crippen LogP contribution in [0.25, 0.3) is 0 Å². The highest BCUT2D eigenvalue weighted by molar-refractivity contribution is 14.0. The molecule has 1 aromatic rings. The second kappa shape index (κ2) is 13.7. The van der Waals surface area contributed by atoms with E-state index in [0.29, 0.717) is 5.41 Å². The lowest BCUT2D eigenvalue weighted by Crippen LogP contribution is -2.43. The number of nitrogens with zero attached hydrogens (tertiary/aromatic N) is 2. The van der Waals surface area contributed by atoms with Gasteiger partial charge in [-0.1, -0.05) is 25.0 Å². The molecular formula is C23H39IN4OS. The summed E-state index contributed by atoms with van der Waals surface area (Å²) in [7, 11) is 1.86. The van der Waals surface area contributed by atoms with Gasteiger partial charge in [-0.25, -0.2) is 0 Å². The molecule has 2 N–H and O–H groups in total. The van der Waals surface area contributed by atoms with Crippen LogP contribution in [0.2, 0.25) is 0 Å². The Labute approximate surface area is 204 Å². The number of guanidine groups is 1. The molecule has 3 rings (SSSR count). The van der Waals surface area contributed by atoms with E-state index in [9.17, 15) is 0 Å². The maximum atomic E-state index is 5.63. The first-order chi connectivity index (χ1) is 14.2. The number of thioether (sulfide) groups is 1. The van der Waals surface area contributed by atoms with Crippen LogP contribution in [0.5, 0.6) is 0 Å². The van der Waals surface area contributed by atoms with Crippen molar-refractivity contribution in [3.63, 3.8) is 0 Å². The van der Waals surface area contributed by atoms with Crippen LogP contribution in [-0.4, -0.2) is 57.4 Å². The fourth-order valence-electron chi connectivity index (χ4n) is 4.40. The van der Waals surface area contributed by atoms with Gasteiger partial charge in [0.1, 0.15) is 0 Å². The monoisotopic (exact) mass is 546 g/mol. The third-order valence-electron chi connectivity index (χ3n) is 6.27. The highest BCUT2D eigenvalue weighted by Gasteiger charge is 2.33. The van der Waals surface area contributed by atoms with Crippen LogP contribution in [0.15, 0.2) is 29.3 Å². The van der Waals surface area contributed by atoms with Crippen molar-refractivity contribution < 1.29 is 4.74 Å². The van der Waals surface area contributed by atoms with Gasteiger partial charge in [-0.05, 0) is 49.3 Å². The zero-order valence-electron chi connectivity index (χ0n) is 18.6. The van der Waals surface area contributed by atoms with Crippen LogP contribution in [0.1, 0.15) is 44.6 Å². The van der Waals surface area contributed by atoms with Crippen molar-refractivity contribution in [2.45, 2.75) is 45.6 Å². The average Bonchev–Trinajstić information content (AvgIpc) is 3.24. The van der Waals surface area contributed by atoms with E-state index in [1.165, 1.54) is 48.4 Å². The quantitative estimate of drug-likeness (QED) is 0.207. The van der Waals surface area contributed by atoms with Crippen LogP contribution in [-0.2, 0) is 11.3 Å². The summed E-state index contributed by atoms with van der Waals surface area (Å²) in [5.74, 6) is 3.36. The van der Waals surface area contributed by atoms with Crippen molar-refractivity contribution in [1.29, 1.82) is 0 Å². The zero-order chi connectivity index (χ0) is 20.4. The van der Waals surface area contributed by atoms with E-state index in [2.05, 4.69) is 63.5 Å². The largest absolute Gasteiger partial charge is 0.382 e. The maximum absolute atomic E-state index is 5.63. The van der Waals surface area contributed by atoms with Gasteiger partial charge in [0.2, 0.25) is 0 Å². The van der Waals surface area contributed by atoms with Crippen LogP contribution < -0.4 is 15.5 Å². The van der Waals surface area contributed by atoms with Crippen molar-refractivity contribution in [3.05, 3.63) is 29.8 Å². The molecule has 5 nitrogen and oxygen atoms in total. The SMILES string of the molecule is CCOCCC1(CNC(=NC)NCc2ccc(N3CCSCC3)cc2)CCCC1.I. The second-order valence-corrected chi connectivity index (χ2v) is 9.42. The van der Waals surface area contributed by atoms with Crippen molar-refractivity contribution in [2.75, 3.05) is 56.3 Å². The molecule has 1 saturated carbocycles. The molecule has 1 aliphatic heterocycles. The van der Waals surface area contributed by atoms with E-state index in [4.69, 9.17) is 4.74 Å². The topological polar surface area (TPSA) is 48.9 Å². The molecule has 1 saturated heterocycles. The van der Waals surface area contributed by atoms with E-state index in [1.54, 1.807) is 0 Å². The first kappa shape index (κ1) is 25.6. The molecule has 0 spiro atoms. The van der Waals surface area contributed by atoms with Gasteiger partial charge >= 0.3 is 0 Å². The summed E-state index contributed by atoms with van der Waals surface area (Å²) in [5, 5.41) is 7.07. The van der Waals surface area contributed by atoms with Crippen LogP contribution in [0.3, 0.4) is 0 Å². The fourth-order valence-corrected chi connectivity index (χ4v) is 5.30. The normalized spacial score (nSPS) is 18.7. The molecular weight excluding hydrogens is 507 g/mol. The molecule has 0 unspecified atom stereocenters. The van der Waals surface area contributed by atoms with Gasteiger partial charge in [-0.3, -0.25) is 4.99 Å². The minimum atomic E-state index is 0. The summed E-state index contributed by atoms with van der Waals surface area (Å²) in [4.78, 5) is 6.92. The minimum Gasteiger partial charge on any atom is -0.382 e. The fraction of sp³-hybridized carbons (Fsp3) is 0.696. The summed E-state index contributed by atoms with van der Waals surface area (Å²) in [6, 6.07) is 8.98. The third-order valence-corrected chi connectivity index (χ3v) is 7.21. The van der Waals surface area contributed by atoms with Gasteiger partial charge in [0, 0.05) is 63.6 Å². The van der Waals surface area contributed by atoms with Crippen LogP contribution >= 0.6 is 35.7 Å². The first-order valence-electron chi connectivity index (χ1n) is 11.2. The lowest BCUT2D eigenvalue weighted by Gasteiger charge is -2.30. The van der Waals surface area contributed by atoms with E-state index in [1.807, 2.05) is 7.05 Å². The Morgan fingerprint density at radius 1 is 1.13 bits per heavy atom. The molecule has 1 heterocycles. The van der Waals surface area contributed by atoms with Gasteiger partial charge in [-0.2, -0.15) is 11.8 Å². The highest BCUT2D eigenvalue weighted by Crippen LogP contribution is 2.40. The maximum Gasteiger partial charge on any atom is 0.191 e. The van der Waals surface area contributed by atoms with Gasteiger partial charge in [0.25, 0.3) is 0 Å². The van der Waals surface area contributed by atoms with E-state index in [0.717, 1.165) is 51.8 Å². The Bertz CT molecular complexity index is 629. The van der Waals surface area contributed by atoms with Gasteiger partial charge in [0.15, 0.2) is 5.96 Å². The van der Waals surface area contributed by atoms with E-state index in [-0.39, 0.29) is 24.0 Å². The first-order valence-corrected chi connectivity index (χ1v) is 12.3. The number of nitrogens with one attached hydrogen (secondary N) is 2. The number of aliphatic imine (C=N–C) groups is 1. The molecule has 0 amide bonds. The molecule has 2 aliphatic rings. The summed E-state index contributed by atoms with van der Waals surface area (Å²) < 4.78 is 5.63. The van der Waals surface area contributed by atoms with Crippen molar-refractivity contribution in [2.24, 2.45) is 10.4 Å². The Kier molecular flexibility index (Phi) is 11.7. The predicted octanol–water partition coefficient (Wildman–Crippen LogP) is 4.51. The molecule has 2 fully saturated rings. The number of ether oxygens (including phenoxy) is 1. The number of benzene rings is 1. The summed E-state index contributed by atoms with van der Waals surface area (Å²) in [5.41, 5.74) is 2.99. The second-order valence-electron chi connectivity index (χ2n) is 8.20. The van der Waals surface area contributed by atoms with Crippen molar-refractivity contribution >= 4 is 47.4 Å². The molecule has 7 heteroatoms. The molecule has 30 heavy (non-hydrogen) atoms. The smallest absolute Gasteiger partial charge is 0.191 e. The van der Waals surface area contributed by atoms with E-state index >= 15 is 0 Å². The number of hydrogen-bond donors (Lipinski definition) is 2. The summed E-state index contributed by atoms with van der Waals surface area (Å²) in [6.07, 6.45) is 6.39. The molecule has 1 aromatic carbocycles. The Hall–Kier alpha value is -0.670. The van der Waals surface area contributed by atoms with Gasteiger partial charge < -0.3 is 20.3 Å². The highest BCUT2D eigenvalue weighted by atomic mass is 127. The average molecular weight is 547 g/mol. The zero-order valence-corrected chi connectivity index (χ0v) is 21.8. The molecule has 1 aliphatic carbocycles. The Balaban J connectivity index is 0.00000320. The molecule has 0 aromatic heterocycles. The number of halogens is 1. The van der Waals surface area contributed by atoms with Crippen LogP contribution in [0, 0.1) is 5.41 Å². The lowest BCUT2D eigenvalue weighted by atomic mass is 9.83. The molecule has 0 bridgehead atoms. The van der Waals surface area contributed by atoms with Gasteiger partial charge in [0.05, 0.1) is 0 Å². The molecule has 0 radical (unpaired) electrons. The standard InChI is InChI=1S/C23H38N4OS.HI/c1-3-28-15-12-23(10-4-5-11-23)19-26-22(24-2)25-18-20-6-8-21(9-7-20)27-13-16-29-17-14-27;/h6-9H,3-5,10-19H2,1-2H3,(H2,24,25,26);1H. The summed E-state index contributed by atoms with van der Waals surface area (Å²) >= 11 is 2.05. The summed E-state index contributed by atoms with van der Waals surface area (Å²) in [6.45, 7) is 7.83. The predicted molar refractivity (Wildman–Crippen MR) is 142 cm³/mol. The van der Waals surface area contributed by atoms with Gasteiger partial charge in [-0.15, -0.1) is 24.0 Å². The number of hydrogen-bond acceptors (Lipinski definition) is 4. The number of anilines is 1. The Morgan fingerprint density at radius 2 is 1.83 bits per heavy atom.